The first-order chi connectivity index (χ1) is 18.5. The molecule has 2 N–H and O–H groups in total. The second-order valence-electron chi connectivity index (χ2n) is 9.56. The second kappa shape index (κ2) is 11.6. The van der Waals surface area contributed by atoms with Crippen molar-refractivity contribution in [2.24, 2.45) is 4.99 Å². The normalized spacial score (nSPS) is 13.0. The zero-order valence-corrected chi connectivity index (χ0v) is 21.6. The van der Waals surface area contributed by atoms with Gasteiger partial charge >= 0.3 is 12.3 Å². The molecule has 0 spiro atoms. The standard InChI is InChI=1S/C29H29F3N4O3/c1-19-7-11-21(12-8-19)15-23(17-33-26(37)16-29(30,31)32)36-25-6-4-3-5-24(25)35(27(36)34-28(38)39)18-22-13-9-20(2)10-14-22/h3-14,23H,15-18H2,1-2H3,(H,33,37)(H,38,39). The van der Waals surface area contributed by atoms with Gasteiger partial charge in [-0.2, -0.15) is 13.2 Å². The van der Waals surface area contributed by atoms with E-state index in [0.717, 1.165) is 22.3 Å². The van der Waals surface area contributed by atoms with E-state index in [1.165, 1.54) is 0 Å². The molecular formula is C29H29F3N4O3. The predicted molar refractivity (Wildman–Crippen MR) is 141 cm³/mol. The Bertz CT molecular complexity index is 1540. The highest BCUT2D eigenvalue weighted by Crippen LogP contribution is 2.23. The summed E-state index contributed by atoms with van der Waals surface area (Å²) in [5, 5.41) is 12.1. The van der Waals surface area contributed by atoms with Crippen molar-refractivity contribution in [3.05, 3.63) is 101 Å². The third-order valence-electron chi connectivity index (χ3n) is 6.40. The maximum absolute atomic E-state index is 12.8. The minimum atomic E-state index is -4.64. The summed E-state index contributed by atoms with van der Waals surface area (Å²) in [5.41, 5.74) is 5.38. The molecule has 4 aromatic rings. The third-order valence-corrected chi connectivity index (χ3v) is 6.40. The Balaban J connectivity index is 1.86. The van der Waals surface area contributed by atoms with Gasteiger partial charge in [-0.1, -0.05) is 71.8 Å². The van der Waals surface area contributed by atoms with Gasteiger partial charge in [0.15, 0.2) is 0 Å². The van der Waals surface area contributed by atoms with Crippen molar-refractivity contribution in [3.8, 4) is 0 Å². The number of carbonyl (C=O) groups is 2. The van der Waals surface area contributed by atoms with E-state index in [0.29, 0.717) is 24.0 Å². The first-order valence-corrected chi connectivity index (χ1v) is 12.4. The zero-order chi connectivity index (χ0) is 28.2. The lowest BCUT2D eigenvalue weighted by molar-refractivity contribution is -0.153. The number of fused-ring (bicyclic) bond motifs is 1. The quantitative estimate of drug-likeness (QED) is 0.309. The largest absolute Gasteiger partial charge is 0.463 e. The van der Waals surface area contributed by atoms with Gasteiger partial charge in [0.05, 0.1) is 23.6 Å². The molecule has 4 rings (SSSR count). The number of imidazole rings is 1. The summed E-state index contributed by atoms with van der Waals surface area (Å²) >= 11 is 0. The monoisotopic (exact) mass is 538 g/mol. The fraction of sp³-hybridized carbons (Fsp3) is 0.276. The van der Waals surface area contributed by atoms with Gasteiger partial charge in [-0.05, 0) is 43.5 Å². The Kier molecular flexibility index (Phi) is 8.23. The van der Waals surface area contributed by atoms with Crippen LogP contribution in [0.5, 0.6) is 0 Å². The van der Waals surface area contributed by atoms with Crippen molar-refractivity contribution in [2.75, 3.05) is 6.54 Å². The van der Waals surface area contributed by atoms with Crippen LogP contribution in [-0.4, -0.2) is 39.0 Å². The highest BCUT2D eigenvalue weighted by molar-refractivity contribution is 5.78. The Labute approximate surface area is 223 Å². The summed E-state index contributed by atoms with van der Waals surface area (Å²) in [7, 11) is 0. The van der Waals surface area contributed by atoms with E-state index in [9.17, 15) is 27.9 Å². The molecule has 39 heavy (non-hydrogen) atoms. The molecule has 0 fully saturated rings. The van der Waals surface area contributed by atoms with Crippen LogP contribution in [0.3, 0.4) is 0 Å². The lowest BCUT2D eigenvalue weighted by Gasteiger charge is -2.21. The van der Waals surface area contributed by atoms with Gasteiger partial charge < -0.3 is 19.6 Å². The average Bonchev–Trinajstić information content (AvgIpc) is 3.15. The molecule has 1 aromatic heterocycles. The van der Waals surface area contributed by atoms with Gasteiger partial charge in [-0.3, -0.25) is 4.79 Å². The molecule has 1 heterocycles. The van der Waals surface area contributed by atoms with Gasteiger partial charge in [-0.15, -0.1) is 4.99 Å². The molecule has 0 aliphatic rings. The molecule has 0 saturated carbocycles. The maximum Gasteiger partial charge on any atom is 0.434 e. The number of alkyl halides is 3. The van der Waals surface area contributed by atoms with Crippen LogP contribution in [0.4, 0.5) is 18.0 Å². The number of amides is 2. The first-order valence-electron chi connectivity index (χ1n) is 12.4. The number of benzene rings is 3. The highest BCUT2D eigenvalue weighted by atomic mass is 19.4. The van der Waals surface area contributed by atoms with Crippen LogP contribution in [-0.2, 0) is 17.8 Å². The Hall–Kier alpha value is -4.34. The highest BCUT2D eigenvalue weighted by Gasteiger charge is 2.31. The van der Waals surface area contributed by atoms with Crippen molar-refractivity contribution in [1.29, 1.82) is 0 Å². The summed E-state index contributed by atoms with van der Waals surface area (Å²) in [5.74, 6) is -1.16. The smallest absolute Gasteiger partial charge is 0.434 e. The van der Waals surface area contributed by atoms with Gasteiger partial charge in [0.1, 0.15) is 6.42 Å². The van der Waals surface area contributed by atoms with E-state index in [-0.39, 0.29) is 12.2 Å². The van der Waals surface area contributed by atoms with Gasteiger partial charge in [0, 0.05) is 6.54 Å². The molecule has 0 radical (unpaired) electrons. The van der Waals surface area contributed by atoms with Crippen LogP contribution in [0, 0.1) is 13.8 Å². The fourth-order valence-corrected chi connectivity index (χ4v) is 4.56. The number of hydrogen-bond donors (Lipinski definition) is 2. The summed E-state index contributed by atoms with van der Waals surface area (Å²) in [6.45, 7) is 4.07. The Morgan fingerprint density at radius 2 is 1.46 bits per heavy atom. The maximum atomic E-state index is 12.8. The predicted octanol–water partition coefficient (Wildman–Crippen LogP) is 5.54. The molecular weight excluding hydrogens is 509 g/mol. The molecule has 1 unspecified atom stereocenters. The molecule has 0 aliphatic heterocycles. The van der Waals surface area contributed by atoms with E-state index < -0.39 is 30.6 Å². The summed E-state index contributed by atoms with van der Waals surface area (Å²) in [4.78, 5) is 28.0. The molecule has 1 atom stereocenters. The van der Waals surface area contributed by atoms with E-state index in [1.807, 2.05) is 80.6 Å². The van der Waals surface area contributed by atoms with Crippen molar-refractivity contribution in [2.45, 2.75) is 45.5 Å². The lowest BCUT2D eigenvalue weighted by atomic mass is 10.0. The molecule has 3 aromatic carbocycles. The topological polar surface area (TPSA) is 88.6 Å². The van der Waals surface area contributed by atoms with Crippen molar-refractivity contribution < 1.29 is 27.9 Å². The summed E-state index contributed by atoms with van der Waals surface area (Å²) < 4.78 is 42.0. The molecule has 10 heteroatoms. The summed E-state index contributed by atoms with van der Waals surface area (Å²) in [6, 6.07) is 22.1. The number of carbonyl (C=O) groups excluding carboxylic acids is 1. The lowest BCUT2D eigenvalue weighted by Crippen LogP contribution is -2.38. The summed E-state index contributed by atoms with van der Waals surface area (Å²) in [6.07, 6.45) is -7.33. The number of hydrogen-bond acceptors (Lipinski definition) is 2. The van der Waals surface area contributed by atoms with Crippen LogP contribution < -0.4 is 10.9 Å². The molecule has 0 bridgehead atoms. The molecule has 0 saturated heterocycles. The van der Waals surface area contributed by atoms with Crippen LogP contribution in [0.15, 0.2) is 77.8 Å². The number of halogens is 3. The minimum Gasteiger partial charge on any atom is -0.463 e. The fourth-order valence-electron chi connectivity index (χ4n) is 4.56. The van der Waals surface area contributed by atoms with Gasteiger partial charge in [0.25, 0.3) is 0 Å². The second-order valence-corrected chi connectivity index (χ2v) is 9.56. The van der Waals surface area contributed by atoms with Crippen LogP contribution in [0.1, 0.15) is 34.7 Å². The number of para-hydroxylation sites is 2. The zero-order valence-electron chi connectivity index (χ0n) is 21.6. The van der Waals surface area contributed by atoms with Crippen LogP contribution in [0.25, 0.3) is 11.0 Å². The number of aryl methyl sites for hydroxylation is 2. The molecule has 7 nitrogen and oxygen atoms in total. The van der Waals surface area contributed by atoms with Crippen molar-refractivity contribution in [3.63, 3.8) is 0 Å². The number of aromatic nitrogens is 2. The van der Waals surface area contributed by atoms with Crippen LogP contribution in [0.2, 0.25) is 0 Å². The number of rotatable bonds is 8. The van der Waals surface area contributed by atoms with Crippen LogP contribution >= 0.6 is 0 Å². The molecule has 204 valence electrons. The minimum absolute atomic E-state index is 0.117. The van der Waals surface area contributed by atoms with Gasteiger partial charge in [-0.25, -0.2) is 4.79 Å². The average molecular weight is 539 g/mol. The van der Waals surface area contributed by atoms with Crippen molar-refractivity contribution in [1.82, 2.24) is 14.5 Å². The Morgan fingerprint density at radius 3 is 2.03 bits per heavy atom. The Morgan fingerprint density at radius 1 is 0.897 bits per heavy atom. The molecule has 2 amide bonds. The van der Waals surface area contributed by atoms with E-state index in [2.05, 4.69) is 10.3 Å². The van der Waals surface area contributed by atoms with E-state index >= 15 is 0 Å². The van der Waals surface area contributed by atoms with Gasteiger partial charge in [0.2, 0.25) is 11.5 Å². The number of nitrogens with zero attached hydrogens (tertiary/aromatic N) is 3. The molecule has 0 aliphatic carbocycles. The third kappa shape index (κ3) is 7.16. The number of carboxylic acid groups (broad SMARTS) is 1. The van der Waals surface area contributed by atoms with E-state index in [1.54, 1.807) is 15.2 Å². The number of nitrogens with one attached hydrogen (secondary N) is 1. The SMILES string of the molecule is Cc1ccc(CC(CNC(=O)CC(F)(F)F)n2c(=NC(=O)O)n(Cc3ccc(C)cc3)c3ccccc32)cc1. The van der Waals surface area contributed by atoms with E-state index in [4.69, 9.17) is 0 Å². The van der Waals surface area contributed by atoms with Crippen molar-refractivity contribution >= 4 is 23.0 Å². The first kappa shape index (κ1) is 27.7.